The molecule has 0 heterocycles. The monoisotopic (exact) mass is 416 g/mol. The third-order valence-electron chi connectivity index (χ3n) is 11.8. The molecule has 30 heavy (non-hydrogen) atoms. The summed E-state index contributed by atoms with van der Waals surface area (Å²) < 4.78 is 0. The first-order valence-corrected chi connectivity index (χ1v) is 14.0. The van der Waals surface area contributed by atoms with Gasteiger partial charge in [-0.1, -0.05) is 93.9 Å². The van der Waals surface area contributed by atoms with E-state index in [1.807, 2.05) is 0 Å². The van der Waals surface area contributed by atoms with Crippen LogP contribution in [-0.2, 0) is 0 Å². The van der Waals surface area contributed by atoms with Crippen molar-refractivity contribution < 1.29 is 0 Å². The zero-order valence-electron chi connectivity index (χ0n) is 22.2. The molecule has 176 valence electrons. The Morgan fingerprint density at radius 2 is 1.57 bits per heavy atom. The molecule has 0 N–H and O–H groups in total. The molecule has 0 aromatic carbocycles. The van der Waals surface area contributed by atoms with Crippen molar-refractivity contribution in [3.05, 3.63) is 0 Å². The molecular weight excluding hydrogens is 360 g/mol. The zero-order chi connectivity index (χ0) is 22.2. The van der Waals surface area contributed by atoms with Gasteiger partial charge in [0.25, 0.3) is 0 Å². The fraction of sp³-hybridized carbons (Fsp3) is 1.00. The second kappa shape index (κ2) is 9.47. The maximum Gasteiger partial charge on any atom is -0.0213 e. The zero-order valence-corrected chi connectivity index (χ0v) is 22.2. The lowest BCUT2D eigenvalue weighted by atomic mass is 9.46. The molecule has 0 aliphatic heterocycles. The Bertz CT molecular complexity index is 548. The summed E-state index contributed by atoms with van der Waals surface area (Å²) in [5.74, 6) is 5.66. The highest BCUT2D eigenvalue weighted by Crippen LogP contribution is 2.73. The third-order valence-corrected chi connectivity index (χ3v) is 11.8. The summed E-state index contributed by atoms with van der Waals surface area (Å²) in [7, 11) is 0. The quantitative estimate of drug-likeness (QED) is 0.369. The van der Waals surface area contributed by atoms with Gasteiger partial charge in [0.05, 0.1) is 0 Å². The minimum atomic E-state index is 0.546. The summed E-state index contributed by atoms with van der Waals surface area (Å²) in [6.45, 7) is 20.7. The Labute approximate surface area is 190 Å². The molecular formula is C30H56. The molecule has 3 aliphatic carbocycles. The highest BCUT2D eigenvalue weighted by Gasteiger charge is 2.64. The van der Waals surface area contributed by atoms with Crippen molar-refractivity contribution in [2.24, 2.45) is 51.8 Å². The Kier molecular flexibility index (Phi) is 7.78. The van der Waals surface area contributed by atoms with E-state index in [-0.39, 0.29) is 0 Å². The number of hydrogen-bond donors (Lipinski definition) is 0. The number of fused-ring (bicyclic) bond motifs is 1. The van der Waals surface area contributed by atoms with Crippen molar-refractivity contribution in [2.75, 3.05) is 0 Å². The Morgan fingerprint density at radius 1 is 0.833 bits per heavy atom. The van der Waals surface area contributed by atoms with Crippen molar-refractivity contribution in [1.82, 2.24) is 0 Å². The van der Waals surface area contributed by atoms with Gasteiger partial charge in [0.15, 0.2) is 0 Å². The molecule has 0 bridgehead atoms. The van der Waals surface area contributed by atoms with Crippen LogP contribution >= 0.6 is 0 Å². The van der Waals surface area contributed by atoms with Crippen LogP contribution in [0.4, 0.5) is 0 Å². The number of rotatable bonds is 8. The van der Waals surface area contributed by atoms with Crippen molar-refractivity contribution in [3.63, 3.8) is 0 Å². The molecule has 8 atom stereocenters. The Hall–Kier alpha value is 0. The normalized spacial score (nSPS) is 45.5. The first kappa shape index (κ1) is 24.6. The van der Waals surface area contributed by atoms with Crippen LogP contribution in [0.25, 0.3) is 0 Å². The molecule has 0 heteroatoms. The molecule has 3 aliphatic rings. The van der Waals surface area contributed by atoms with Gasteiger partial charge in [-0.3, -0.25) is 0 Å². The average Bonchev–Trinajstić information content (AvgIpc) is 2.91. The largest absolute Gasteiger partial charge is 0.0628 e. The van der Waals surface area contributed by atoms with Gasteiger partial charge in [-0.05, 0) is 96.7 Å². The van der Waals surface area contributed by atoms with E-state index in [9.17, 15) is 0 Å². The van der Waals surface area contributed by atoms with E-state index < -0.39 is 0 Å². The highest BCUT2D eigenvalue weighted by atomic mass is 14.7. The molecule has 0 radical (unpaired) electrons. The van der Waals surface area contributed by atoms with Crippen LogP contribution in [-0.4, -0.2) is 0 Å². The van der Waals surface area contributed by atoms with Crippen molar-refractivity contribution in [2.45, 2.75) is 139 Å². The number of hydrogen-bond acceptors (Lipinski definition) is 0. The predicted molar refractivity (Wildman–Crippen MR) is 134 cm³/mol. The lowest BCUT2D eigenvalue weighted by Crippen LogP contribution is -2.51. The van der Waals surface area contributed by atoms with Crippen LogP contribution in [0.15, 0.2) is 0 Å². The van der Waals surface area contributed by atoms with Crippen molar-refractivity contribution in [1.29, 1.82) is 0 Å². The molecule has 0 saturated heterocycles. The molecule has 3 rings (SSSR count). The van der Waals surface area contributed by atoms with Gasteiger partial charge in [0.1, 0.15) is 0 Å². The van der Waals surface area contributed by atoms with Gasteiger partial charge in [-0.15, -0.1) is 0 Å². The maximum atomic E-state index is 2.75. The fourth-order valence-electron chi connectivity index (χ4n) is 8.84. The third kappa shape index (κ3) is 4.41. The lowest BCUT2D eigenvalue weighted by Gasteiger charge is -2.58. The fourth-order valence-corrected chi connectivity index (χ4v) is 8.84. The van der Waals surface area contributed by atoms with Crippen LogP contribution in [0.2, 0.25) is 0 Å². The van der Waals surface area contributed by atoms with E-state index >= 15 is 0 Å². The molecule has 3 fully saturated rings. The molecule has 0 amide bonds. The van der Waals surface area contributed by atoms with Crippen molar-refractivity contribution in [3.8, 4) is 0 Å². The molecule has 0 nitrogen and oxygen atoms in total. The van der Waals surface area contributed by atoms with Crippen LogP contribution in [0.3, 0.4) is 0 Å². The summed E-state index contributed by atoms with van der Waals surface area (Å²) in [5.41, 5.74) is 1.67. The minimum Gasteiger partial charge on any atom is -0.0628 e. The van der Waals surface area contributed by atoms with Gasteiger partial charge >= 0.3 is 0 Å². The predicted octanol–water partition coefficient (Wildman–Crippen LogP) is 9.91. The summed E-state index contributed by atoms with van der Waals surface area (Å²) in [6.07, 6.45) is 19.3. The second-order valence-electron chi connectivity index (χ2n) is 13.7. The van der Waals surface area contributed by atoms with Gasteiger partial charge in [0, 0.05) is 0 Å². The molecule has 0 aromatic rings. The van der Waals surface area contributed by atoms with E-state index in [4.69, 9.17) is 0 Å². The van der Waals surface area contributed by atoms with E-state index in [1.165, 1.54) is 83.5 Å². The summed E-state index contributed by atoms with van der Waals surface area (Å²) in [6, 6.07) is 0. The van der Waals surface area contributed by atoms with Crippen molar-refractivity contribution >= 4 is 0 Å². The van der Waals surface area contributed by atoms with E-state index in [2.05, 4.69) is 55.4 Å². The summed E-state index contributed by atoms with van der Waals surface area (Å²) in [4.78, 5) is 0. The van der Waals surface area contributed by atoms with Crippen LogP contribution in [0.5, 0.6) is 0 Å². The molecule has 0 spiro atoms. The smallest absolute Gasteiger partial charge is 0.0213 e. The molecule has 8 unspecified atom stereocenters. The van der Waals surface area contributed by atoms with Gasteiger partial charge < -0.3 is 0 Å². The Morgan fingerprint density at radius 3 is 2.27 bits per heavy atom. The highest BCUT2D eigenvalue weighted by molar-refractivity contribution is 5.13. The first-order valence-electron chi connectivity index (χ1n) is 14.0. The van der Waals surface area contributed by atoms with E-state index in [1.54, 1.807) is 0 Å². The second-order valence-corrected chi connectivity index (χ2v) is 13.7. The van der Waals surface area contributed by atoms with Crippen LogP contribution in [0, 0.1) is 51.8 Å². The van der Waals surface area contributed by atoms with Gasteiger partial charge in [0.2, 0.25) is 0 Å². The molecule has 3 saturated carbocycles. The SMILES string of the molecule is CC(C)CCCC(C)C1(C)CCC2(C)C(CCC3CC(C)CCC3C)CCCC12C. The summed E-state index contributed by atoms with van der Waals surface area (Å²) >= 11 is 0. The first-order chi connectivity index (χ1) is 14.0. The van der Waals surface area contributed by atoms with Gasteiger partial charge in [-0.2, -0.15) is 0 Å². The van der Waals surface area contributed by atoms with E-state index in [0.717, 1.165) is 35.5 Å². The standard InChI is InChI=1S/C30H56/c1-22(2)11-9-12-25(5)28(6)19-20-29(7)27(13-10-18-30(28,29)8)17-16-26-21-23(3)14-15-24(26)4/h22-27H,9-21H2,1-8H3. The molecule has 0 aromatic heterocycles. The lowest BCUT2D eigenvalue weighted by molar-refractivity contribution is -0.0971. The topological polar surface area (TPSA) is 0 Å². The van der Waals surface area contributed by atoms with Gasteiger partial charge in [-0.25, -0.2) is 0 Å². The van der Waals surface area contributed by atoms with Crippen LogP contribution < -0.4 is 0 Å². The maximum absolute atomic E-state index is 2.75. The summed E-state index contributed by atoms with van der Waals surface area (Å²) in [5, 5.41) is 0. The van der Waals surface area contributed by atoms with Crippen LogP contribution in [0.1, 0.15) is 139 Å². The minimum absolute atomic E-state index is 0.546. The van der Waals surface area contributed by atoms with E-state index in [0.29, 0.717) is 16.2 Å². The average molecular weight is 417 g/mol. The Balaban J connectivity index is 1.68.